The van der Waals surface area contributed by atoms with Crippen LogP contribution in [0.25, 0.3) is 0 Å². The third kappa shape index (κ3) is 4.45. The van der Waals surface area contributed by atoms with Crippen LogP contribution in [-0.2, 0) is 11.3 Å². The van der Waals surface area contributed by atoms with E-state index in [9.17, 15) is 0 Å². The summed E-state index contributed by atoms with van der Waals surface area (Å²) in [7, 11) is 0. The standard InChI is InChI=1S/C11H14BrClO/c1-9(6-12)7-14-8-10-3-2-4-11(13)5-10/h2-5,9H,6-8H2,1H3. The van der Waals surface area contributed by atoms with Crippen molar-refractivity contribution >= 4 is 27.5 Å². The van der Waals surface area contributed by atoms with Crippen LogP contribution in [0.4, 0.5) is 0 Å². The van der Waals surface area contributed by atoms with Gasteiger partial charge in [-0.3, -0.25) is 0 Å². The zero-order chi connectivity index (χ0) is 10.4. The van der Waals surface area contributed by atoms with Crippen LogP contribution in [-0.4, -0.2) is 11.9 Å². The Labute approximate surface area is 98.5 Å². The van der Waals surface area contributed by atoms with Gasteiger partial charge in [-0.25, -0.2) is 0 Å². The van der Waals surface area contributed by atoms with E-state index in [-0.39, 0.29) is 0 Å². The number of benzene rings is 1. The van der Waals surface area contributed by atoms with Crippen LogP contribution in [0.2, 0.25) is 5.02 Å². The fraction of sp³-hybridized carbons (Fsp3) is 0.455. The summed E-state index contributed by atoms with van der Waals surface area (Å²) in [4.78, 5) is 0. The Balaban J connectivity index is 2.31. The van der Waals surface area contributed by atoms with Crippen LogP contribution < -0.4 is 0 Å². The first-order chi connectivity index (χ1) is 6.72. The van der Waals surface area contributed by atoms with Crippen molar-refractivity contribution in [2.24, 2.45) is 5.92 Å². The average Bonchev–Trinajstić information content (AvgIpc) is 2.17. The molecule has 1 aromatic carbocycles. The van der Waals surface area contributed by atoms with Crippen LogP contribution in [0.15, 0.2) is 24.3 Å². The Morgan fingerprint density at radius 3 is 2.93 bits per heavy atom. The minimum absolute atomic E-state index is 0.550. The molecule has 0 saturated heterocycles. The molecular weight excluding hydrogens is 263 g/mol. The molecular formula is C11H14BrClO. The second-order valence-electron chi connectivity index (χ2n) is 3.40. The molecule has 0 saturated carbocycles. The zero-order valence-electron chi connectivity index (χ0n) is 8.17. The molecule has 0 aliphatic carbocycles. The Morgan fingerprint density at radius 2 is 2.29 bits per heavy atom. The van der Waals surface area contributed by atoms with Gasteiger partial charge in [0, 0.05) is 10.4 Å². The van der Waals surface area contributed by atoms with Gasteiger partial charge in [-0.15, -0.1) is 0 Å². The first-order valence-corrected chi connectivity index (χ1v) is 6.10. The third-order valence-electron chi connectivity index (χ3n) is 1.82. The van der Waals surface area contributed by atoms with Gasteiger partial charge < -0.3 is 4.74 Å². The quantitative estimate of drug-likeness (QED) is 0.742. The molecule has 0 radical (unpaired) electrons. The molecule has 1 nitrogen and oxygen atoms in total. The SMILES string of the molecule is CC(CBr)COCc1cccc(Cl)c1. The lowest BCUT2D eigenvalue weighted by Gasteiger charge is -2.08. The van der Waals surface area contributed by atoms with E-state index in [1.807, 2.05) is 24.3 Å². The minimum Gasteiger partial charge on any atom is -0.376 e. The number of alkyl halides is 1. The Bertz CT molecular complexity index is 278. The van der Waals surface area contributed by atoms with Gasteiger partial charge in [-0.1, -0.05) is 46.6 Å². The van der Waals surface area contributed by atoms with Crippen molar-refractivity contribution in [3.8, 4) is 0 Å². The molecule has 3 heteroatoms. The molecule has 1 atom stereocenters. The highest BCUT2D eigenvalue weighted by atomic mass is 79.9. The summed E-state index contributed by atoms with van der Waals surface area (Å²) in [6, 6.07) is 7.76. The van der Waals surface area contributed by atoms with Crippen LogP contribution >= 0.6 is 27.5 Å². The first kappa shape index (κ1) is 12.0. The summed E-state index contributed by atoms with van der Waals surface area (Å²) < 4.78 is 5.54. The van der Waals surface area contributed by atoms with Gasteiger partial charge in [0.05, 0.1) is 13.2 Å². The zero-order valence-corrected chi connectivity index (χ0v) is 10.5. The van der Waals surface area contributed by atoms with Crippen molar-refractivity contribution in [3.05, 3.63) is 34.9 Å². The first-order valence-electron chi connectivity index (χ1n) is 4.60. The maximum absolute atomic E-state index is 5.85. The maximum atomic E-state index is 5.85. The van der Waals surface area contributed by atoms with Gasteiger partial charge in [0.1, 0.15) is 0 Å². The molecule has 14 heavy (non-hydrogen) atoms. The molecule has 0 amide bonds. The molecule has 78 valence electrons. The Kier molecular flexibility index (Phi) is 5.53. The van der Waals surface area contributed by atoms with E-state index in [0.29, 0.717) is 12.5 Å². The number of hydrogen-bond donors (Lipinski definition) is 0. The van der Waals surface area contributed by atoms with Crippen LogP contribution in [0.5, 0.6) is 0 Å². The van der Waals surface area contributed by atoms with E-state index in [2.05, 4.69) is 22.9 Å². The van der Waals surface area contributed by atoms with Crippen LogP contribution in [0.3, 0.4) is 0 Å². The summed E-state index contributed by atoms with van der Waals surface area (Å²) >= 11 is 9.26. The number of hydrogen-bond acceptors (Lipinski definition) is 1. The number of rotatable bonds is 5. The molecule has 0 aliphatic rings. The van der Waals surface area contributed by atoms with Crippen molar-refractivity contribution in [1.82, 2.24) is 0 Å². The second-order valence-corrected chi connectivity index (χ2v) is 4.49. The molecule has 0 spiro atoms. The van der Waals surface area contributed by atoms with E-state index in [4.69, 9.17) is 16.3 Å². The maximum Gasteiger partial charge on any atom is 0.0717 e. The predicted molar refractivity (Wildman–Crippen MR) is 64.1 cm³/mol. The van der Waals surface area contributed by atoms with E-state index in [0.717, 1.165) is 22.5 Å². The molecule has 0 heterocycles. The summed E-state index contributed by atoms with van der Waals surface area (Å²) in [6.07, 6.45) is 0. The van der Waals surface area contributed by atoms with Crippen molar-refractivity contribution in [2.75, 3.05) is 11.9 Å². The molecule has 0 fully saturated rings. The van der Waals surface area contributed by atoms with Gasteiger partial charge in [0.2, 0.25) is 0 Å². The van der Waals surface area contributed by atoms with Gasteiger partial charge in [-0.2, -0.15) is 0 Å². The largest absolute Gasteiger partial charge is 0.376 e. The number of ether oxygens (including phenoxy) is 1. The third-order valence-corrected chi connectivity index (χ3v) is 3.16. The van der Waals surface area contributed by atoms with Crippen molar-refractivity contribution < 1.29 is 4.74 Å². The highest BCUT2D eigenvalue weighted by molar-refractivity contribution is 9.09. The fourth-order valence-electron chi connectivity index (χ4n) is 1.05. The lowest BCUT2D eigenvalue weighted by atomic mass is 10.2. The smallest absolute Gasteiger partial charge is 0.0717 e. The predicted octanol–water partition coefficient (Wildman–Crippen LogP) is 3.89. The lowest BCUT2D eigenvalue weighted by Crippen LogP contribution is -2.06. The van der Waals surface area contributed by atoms with Gasteiger partial charge in [-0.05, 0) is 23.6 Å². The molecule has 0 N–H and O–H groups in total. The number of halogens is 2. The van der Waals surface area contributed by atoms with Gasteiger partial charge >= 0.3 is 0 Å². The van der Waals surface area contributed by atoms with Crippen molar-refractivity contribution in [2.45, 2.75) is 13.5 Å². The highest BCUT2D eigenvalue weighted by Gasteiger charge is 2.00. The molecule has 0 aromatic heterocycles. The normalized spacial score (nSPS) is 12.8. The van der Waals surface area contributed by atoms with E-state index >= 15 is 0 Å². The fourth-order valence-corrected chi connectivity index (χ4v) is 1.45. The van der Waals surface area contributed by atoms with Crippen LogP contribution in [0.1, 0.15) is 12.5 Å². The molecule has 1 aromatic rings. The summed E-state index contributed by atoms with van der Waals surface area (Å²) in [6.45, 7) is 3.56. The van der Waals surface area contributed by atoms with Crippen LogP contribution in [0, 0.1) is 5.92 Å². The van der Waals surface area contributed by atoms with Gasteiger partial charge in [0.15, 0.2) is 0 Å². The lowest BCUT2D eigenvalue weighted by molar-refractivity contribution is 0.0985. The minimum atomic E-state index is 0.550. The molecule has 0 aliphatic heterocycles. The summed E-state index contributed by atoms with van der Waals surface area (Å²) in [5.41, 5.74) is 1.12. The van der Waals surface area contributed by atoms with E-state index in [1.165, 1.54) is 0 Å². The highest BCUT2D eigenvalue weighted by Crippen LogP contribution is 2.12. The summed E-state index contributed by atoms with van der Waals surface area (Å²) in [5.74, 6) is 0.550. The second kappa shape index (κ2) is 6.44. The summed E-state index contributed by atoms with van der Waals surface area (Å²) in [5, 5.41) is 1.74. The Morgan fingerprint density at radius 1 is 1.50 bits per heavy atom. The van der Waals surface area contributed by atoms with Crippen molar-refractivity contribution in [3.63, 3.8) is 0 Å². The molecule has 1 rings (SSSR count). The monoisotopic (exact) mass is 276 g/mol. The van der Waals surface area contributed by atoms with E-state index < -0.39 is 0 Å². The average molecular weight is 278 g/mol. The van der Waals surface area contributed by atoms with Gasteiger partial charge in [0.25, 0.3) is 0 Å². The van der Waals surface area contributed by atoms with E-state index in [1.54, 1.807) is 0 Å². The molecule has 1 unspecified atom stereocenters. The Hall–Kier alpha value is -0.0500. The topological polar surface area (TPSA) is 9.23 Å². The van der Waals surface area contributed by atoms with Crippen molar-refractivity contribution in [1.29, 1.82) is 0 Å². The molecule has 0 bridgehead atoms.